The molecule has 4 rings (SSSR count). The Morgan fingerprint density at radius 1 is 1.00 bits per heavy atom. The molecule has 1 aliphatic carbocycles. The Bertz CT molecular complexity index is 743. The highest BCUT2D eigenvalue weighted by Crippen LogP contribution is 2.23. The zero-order chi connectivity index (χ0) is 17.2. The third-order valence-corrected chi connectivity index (χ3v) is 6.35. The number of carbonyl (C=O) groups is 1. The van der Waals surface area contributed by atoms with Gasteiger partial charge in [0.2, 0.25) is 0 Å². The van der Waals surface area contributed by atoms with Crippen LogP contribution in [0.5, 0.6) is 0 Å². The number of benzene rings is 2. The first kappa shape index (κ1) is 16.6. The molecule has 3 heteroatoms. The maximum Gasteiger partial charge on any atom is 0.254 e. The highest BCUT2D eigenvalue weighted by molar-refractivity contribution is 6.07. The van der Waals surface area contributed by atoms with Crippen LogP contribution in [0.2, 0.25) is 0 Å². The van der Waals surface area contributed by atoms with E-state index in [-0.39, 0.29) is 5.91 Å². The van der Waals surface area contributed by atoms with Gasteiger partial charge in [0.15, 0.2) is 0 Å². The van der Waals surface area contributed by atoms with Crippen LogP contribution in [-0.4, -0.2) is 43.0 Å². The molecule has 132 valence electrons. The first-order valence-electron chi connectivity index (χ1n) is 9.85. The van der Waals surface area contributed by atoms with E-state index >= 15 is 0 Å². The third kappa shape index (κ3) is 3.30. The lowest BCUT2D eigenvalue weighted by Gasteiger charge is -2.40. The molecule has 25 heavy (non-hydrogen) atoms. The molecule has 1 heterocycles. The summed E-state index contributed by atoms with van der Waals surface area (Å²) in [5.41, 5.74) is 0.854. The molecule has 2 fully saturated rings. The molecule has 0 spiro atoms. The molecular weight excluding hydrogens is 308 g/mol. The molecular formula is C22H29N2O+. The van der Waals surface area contributed by atoms with Crippen LogP contribution in [0.25, 0.3) is 10.8 Å². The van der Waals surface area contributed by atoms with Crippen LogP contribution in [-0.2, 0) is 0 Å². The van der Waals surface area contributed by atoms with E-state index in [0.717, 1.165) is 54.5 Å². The summed E-state index contributed by atoms with van der Waals surface area (Å²) in [7, 11) is 0. The smallest absolute Gasteiger partial charge is 0.254 e. The van der Waals surface area contributed by atoms with E-state index < -0.39 is 0 Å². The van der Waals surface area contributed by atoms with Crippen molar-refractivity contribution in [2.45, 2.75) is 38.6 Å². The summed E-state index contributed by atoms with van der Waals surface area (Å²) in [5.74, 6) is 1.04. The lowest BCUT2D eigenvalue weighted by molar-refractivity contribution is -0.934. The Kier molecular flexibility index (Phi) is 4.76. The van der Waals surface area contributed by atoms with Crippen LogP contribution in [0, 0.1) is 5.92 Å². The number of nitrogens with one attached hydrogen (secondary N) is 1. The Hall–Kier alpha value is -1.87. The highest BCUT2D eigenvalue weighted by atomic mass is 16.2. The van der Waals surface area contributed by atoms with E-state index in [0.29, 0.717) is 0 Å². The number of piperazine rings is 1. The van der Waals surface area contributed by atoms with Gasteiger partial charge < -0.3 is 9.80 Å². The van der Waals surface area contributed by atoms with Crippen LogP contribution in [0.4, 0.5) is 0 Å². The SMILES string of the molecule is C[C@@H]1CCCC[C@H]1[NH+]1CCN(C(=O)c2cccc3ccccc23)CC1. The van der Waals surface area contributed by atoms with E-state index in [1.54, 1.807) is 4.90 Å². The number of amides is 1. The Balaban J connectivity index is 1.46. The van der Waals surface area contributed by atoms with Crippen molar-refractivity contribution < 1.29 is 9.69 Å². The minimum Gasteiger partial charge on any atom is -0.329 e. The maximum absolute atomic E-state index is 13.1. The van der Waals surface area contributed by atoms with Gasteiger partial charge in [0.05, 0.1) is 32.2 Å². The van der Waals surface area contributed by atoms with E-state index in [2.05, 4.69) is 30.0 Å². The van der Waals surface area contributed by atoms with Gasteiger partial charge in [0.25, 0.3) is 5.91 Å². The average Bonchev–Trinajstić information content (AvgIpc) is 2.67. The molecule has 0 unspecified atom stereocenters. The van der Waals surface area contributed by atoms with Crippen molar-refractivity contribution in [1.29, 1.82) is 0 Å². The van der Waals surface area contributed by atoms with Gasteiger partial charge in [-0.2, -0.15) is 0 Å². The molecule has 0 radical (unpaired) electrons. The van der Waals surface area contributed by atoms with Crippen molar-refractivity contribution in [1.82, 2.24) is 4.90 Å². The predicted octanol–water partition coefficient (Wildman–Crippen LogP) is 2.76. The number of fused-ring (bicyclic) bond motifs is 1. The highest BCUT2D eigenvalue weighted by Gasteiger charge is 2.34. The van der Waals surface area contributed by atoms with Crippen LogP contribution in [0.3, 0.4) is 0 Å². The maximum atomic E-state index is 13.1. The van der Waals surface area contributed by atoms with Crippen LogP contribution in [0.15, 0.2) is 42.5 Å². The Morgan fingerprint density at radius 3 is 2.52 bits per heavy atom. The fraction of sp³-hybridized carbons (Fsp3) is 0.500. The summed E-state index contributed by atoms with van der Waals surface area (Å²) in [6, 6.07) is 15.1. The Labute approximate surface area is 150 Å². The Morgan fingerprint density at radius 2 is 1.72 bits per heavy atom. The van der Waals surface area contributed by atoms with Gasteiger partial charge in [-0.05, 0) is 36.1 Å². The number of nitrogens with zero attached hydrogens (tertiary/aromatic N) is 1. The molecule has 0 bridgehead atoms. The minimum atomic E-state index is 0.201. The summed E-state index contributed by atoms with van der Waals surface area (Å²) in [5, 5.41) is 2.22. The minimum absolute atomic E-state index is 0.201. The zero-order valence-corrected chi connectivity index (χ0v) is 15.2. The molecule has 3 nitrogen and oxygen atoms in total. The second-order valence-corrected chi connectivity index (χ2v) is 7.85. The average molecular weight is 337 g/mol. The monoisotopic (exact) mass is 337 g/mol. The molecule has 2 aromatic carbocycles. The van der Waals surface area contributed by atoms with E-state index in [1.165, 1.54) is 25.7 Å². The number of carbonyl (C=O) groups excluding carboxylic acids is 1. The topological polar surface area (TPSA) is 24.8 Å². The van der Waals surface area contributed by atoms with Crippen LogP contribution >= 0.6 is 0 Å². The van der Waals surface area contributed by atoms with Crippen molar-refractivity contribution in [3.8, 4) is 0 Å². The molecule has 1 aliphatic heterocycles. The molecule has 2 aliphatic rings. The first-order chi connectivity index (χ1) is 12.2. The predicted molar refractivity (Wildman–Crippen MR) is 102 cm³/mol. The standard InChI is InChI=1S/C22H28N2O/c1-17-7-2-5-12-21(17)23-13-15-24(16-14-23)22(25)20-11-6-9-18-8-3-4-10-19(18)20/h3-4,6,8-11,17,21H,2,5,7,12-16H2,1H3/p+1/t17-,21-/m1/s1. The quantitative estimate of drug-likeness (QED) is 0.895. The summed E-state index contributed by atoms with van der Waals surface area (Å²) in [4.78, 5) is 16.9. The van der Waals surface area contributed by atoms with Gasteiger partial charge in [-0.15, -0.1) is 0 Å². The van der Waals surface area contributed by atoms with Crippen molar-refractivity contribution in [2.24, 2.45) is 5.92 Å². The van der Waals surface area contributed by atoms with Gasteiger partial charge in [0, 0.05) is 11.5 Å². The van der Waals surface area contributed by atoms with E-state index in [9.17, 15) is 4.79 Å². The molecule has 2 atom stereocenters. The third-order valence-electron chi connectivity index (χ3n) is 6.35. The second-order valence-electron chi connectivity index (χ2n) is 7.85. The van der Waals surface area contributed by atoms with Crippen molar-refractivity contribution in [3.63, 3.8) is 0 Å². The summed E-state index contributed by atoms with van der Waals surface area (Å²) >= 11 is 0. The number of hydrogen-bond acceptors (Lipinski definition) is 1. The van der Waals surface area contributed by atoms with Crippen LogP contribution < -0.4 is 4.90 Å². The molecule has 1 N–H and O–H groups in total. The second kappa shape index (κ2) is 7.17. The van der Waals surface area contributed by atoms with Gasteiger partial charge in [-0.25, -0.2) is 0 Å². The summed E-state index contributed by atoms with van der Waals surface area (Å²) in [6.07, 6.45) is 5.54. The largest absolute Gasteiger partial charge is 0.329 e. The lowest BCUT2D eigenvalue weighted by Crippen LogP contribution is -3.19. The fourth-order valence-electron chi connectivity index (χ4n) is 4.87. The van der Waals surface area contributed by atoms with Gasteiger partial charge >= 0.3 is 0 Å². The molecule has 1 amide bonds. The van der Waals surface area contributed by atoms with Gasteiger partial charge in [-0.3, -0.25) is 4.79 Å². The lowest BCUT2D eigenvalue weighted by atomic mass is 9.84. The molecule has 1 saturated heterocycles. The number of rotatable bonds is 2. The van der Waals surface area contributed by atoms with Crippen molar-refractivity contribution >= 4 is 16.7 Å². The fourth-order valence-corrected chi connectivity index (χ4v) is 4.87. The van der Waals surface area contributed by atoms with Crippen LogP contribution in [0.1, 0.15) is 43.0 Å². The molecule has 0 aromatic heterocycles. The summed E-state index contributed by atoms with van der Waals surface area (Å²) in [6.45, 7) is 6.41. The van der Waals surface area contributed by atoms with Crippen molar-refractivity contribution in [2.75, 3.05) is 26.2 Å². The first-order valence-corrected chi connectivity index (χ1v) is 9.85. The normalized spacial score (nSPS) is 25.2. The summed E-state index contributed by atoms with van der Waals surface area (Å²) < 4.78 is 0. The zero-order valence-electron chi connectivity index (χ0n) is 15.2. The van der Waals surface area contributed by atoms with E-state index in [1.807, 2.05) is 24.3 Å². The van der Waals surface area contributed by atoms with Gasteiger partial charge in [-0.1, -0.05) is 49.7 Å². The number of quaternary nitrogens is 1. The molecule has 2 aromatic rings. The van der Waals surface area contributed by atoms with E-state index in [4.69, 9.17) is 0 Å². The molecule has 1 saturated carbocycles. The number of hydrogen-bond donors (Lipinski definition) is 1. The van der Waals surface area contributed by atoms with Gasteiger partial charge in [0.1, 0.15) is 0 Å². The van der Waals surface area contributed by atoms with Crippen molar-refractivity contribution in [3.05, 3.63) is 48.0 Å².